The first-order valence-electron chi connectivity index (χ1n) is 5.85. The molecule has 2 rings (SSSR count). The van der Waals surface area contributed by atoms with Gasteiger partial charge < -0.3 is 0 Å². The van der Waals surface area contributed by atoms with Gasteiger partial charge in [0.1, 0.15) is 17.4 Å². The van der Waals surface area contributed by atoms with Gasteiger partial charge in [0.2, 0.25) is 0 Å². The maximum atomic E-state index is 13.5. The molecule has 5 heteroatoms. The Hall–Kier alpha value is -1.26. The van der Waals surface area contributed by atoms with Crippen LogP contribution in [0.5, 0.6) is 0 Å². The SMILES string of the molecule is O=C(Cc1ccc(F)cc1F)Cc1ccc(Br)cc1Cl. The summed E-state index contributed by atoms with van der Waals surface area (Å²) in [7, 11) is 0. The Balaban J connectivity index is 2.09. The van der Waals surface area contributed by atoms with Gasteiger partial charge in [-0.15, -0.1) is 0 Å². The number of hydrogen-bond acceptors (Lipinski definition) is 1. The number of carbonyl (C=O) groups excluding carboxylic acids is 1. The number of halogens is 4. The van der Waals surface area contributed by atoms with E-state index in [4.69, 9.17) is 11.6 Å². The van der Waals surface area contributed by atoms with Gasteiger partial charge in [0.05, 0.1) is 0 Å². The molecule has 0 radical (unpaired) electrons. The van der Waals surface area contributed by atoms with Gasteiger partial charge in [-0.25, -0.2) is 8.78 Å². The predicted octanol–water partition coefficient (Wildman–Crippen LogP) is 4.74. The van der Waals surface area contributed by atoms with Gasteiger partial charge in [-0.05, 0) is 29.3 Å². The zero-order chi connectivity index (χ0) is 14.7. The van der Waals surface area contributed by atoms with Gasteiger partial charge in [0.25, 0.3) is 0 Å². The van der Waals surface area contributed by atoms with Crippen molar-refractivity contribution in [1.82, 2.24) is 0 Å². The van der Waals surface area contributed by atoms with Gasteiger partial charge in [-0.3, -0.25) is 4.79 Å². The van der Waals surface area contributed by atoms with Crippen molar-refractivity contribution in [2.75, 3.05) is 0 Å². The summed E-state index contributed by atoms with van der Waals surface area (Å²) in [5.74, 6) is -1.55. The molecule has 0 aliphatic rings. The number of hydrogen-bond donors (Lipinski definition) is 0. The van der Waals surface area contributed by atoms with Crippen molar-refractivity contribution in [2.45, 2.75) is 12.8 Å². The Morgan fingerprint density at radius 1 is 1.05 bits per heavy atom. The molecule has 0 atom stereocenters. The zero-order valence-corrected chi connectivity index (χ0v) is 12.6. The predicted molar refractivity (Wildman–Crippen MR) is 77.9 cm³/mol. The largest absolute Gasteiger partial charge is 0.299 e. The fourth-order valence-electron chi connectivity index (χ4n) is 1.82. The van der Waals surface area contributed by atoms with Crippen molar-refractivity contribution in [3.8, 4) is 0 Å². The van der Waals surface area contributed by atoms with Gasteiger partial charge in [-0.1, -0.05) is 39.7 Å². The molecule has 20 heavy (non-hydrogen) atoms. The number of Topliss-reactive ketones (excluding diaryl/α,β-unsaturated/α-hetero) is 1. The van der Waals surface area contributed by atoms with E-state index in [1.807, 2.05) is 0 Å². The molecule has 104 valence electrons. The summed E-state index contributed by atoms with van der Waals surface area (Å²) in [6.07, 6.45) is 0.0292. The first-order valence-corrected chi connectivity index (χ1v) is 7.02. The van der Waals surface area contributed by atoms with Crippen LogP contribution in [0.2, 0.25) is 5.02 Å². The van der Waals surface area contributed by atoms with Crippen LogP contribution in [-0.2, 0) is 17.6 Å². The van der Waals surface area contributed by atoms with E-state index in [0.29, 0.717) is 10.6 Å². The van der Waals surface area contributed by atoms with E-state index in [-0.39, 0.29) is 24.2 Å². The molecular weight excluding hydrogens is 350 g/mol. The lowest BCUT2D eigenvalue weighted by molar-refractivity contribution is -0.117. The second-order valence-electron chi connectivity index (χ2n) is 4.36. The van der Waals surface area contributed by atoms with Crippen LogP contribution in [-0.4, -0.2) is 5.78 Å². The van der Waals surface area contributed by atoms with Gasteiger partial charge in [0, 0.05) is 28.4 Å². The van der Waals surface area contributed by atoms with E-state index in [9.17, 15) is 13.6 Å². The van der Waals surface area contributed by atoms with Crippen LogP contribution in [0.3, 0.4) is 0 Å². The van der Waals surface area contributed by atoms with Crippen molar-refractivity contribution in [1.29, 1.82) is 0 Å². The Morgan fingerprint density at radius 3 is 2.35 bits per heavy atom. The Labute approximate surface area is 128 Å². The molecule has 0 heterocycles. The zero-order valence-electron chi connectivity index (χ0n) is 10.3. The average molecular weight is 360 g/mol. The number of ketones is 1. The molecule has 2 aromatic carbocycles. The Kier molecular flexibility index (Phi) is 4.89. The van der Waals surface area contributed by atoms with Crippen LogP contribution in [0.1, 0.15) is 11.1 Å². The lowest BCUT2D eigenvalue weighted by atomic mass is 10.0. The Morgan fingerprint density at radius 2 is 1.70 bits per heavy atom. The minimum atomic E-state index is -0.708. The molecule has 0 aliphatic carbocycles. The van der Waals surface area contributed by atoms with Crippen LogP contribution in [0.4, 0.5) is 8.78 Å². The number of benzene rings is 2. The van der Waals surface area contributed by atoms with Gasteiger partial charge >= 0.3 is 0 Å². The molecule has 0 saturated heterocycles. The summed E-state index contributed by atoms with van der Waals surface area (Å²) in [4.78, 5) is 11.9. The van der Waals surface area contributed by atoms with E-state index in [1.165, 1.54) is 6.07 Å². The lowest BCUT2D eigenvalue weighted by Gasteiger charge is -2.05. The van der Waals surface area contributed by atoms with Gasteiger partial charge in [-0.2, -0.15) is 0 Å². The molecule has 0 unspecified atom stereocenters. The first-order chi connectivity index (χ1) is 9.45. The molecule has 0 fully saturated rings. The third-order valence-electron chi connectivity index (χ3n) is 2.81. The smallest absolute Gasteiger partial charge is 0.141 e. The highest BCUT2D eigenvalue weighted by Gasteiger charge is 2.12. The lowest BCUT2D eigenvalue weighted by Crippen LogP contribution is -2.08. The van der Waals surface area contributed by atoms with E-state index >= 15 is 0 Å². The minimum Gasteiger partial charge on any atom is -0.299 e. The van der Waals surface area contributed by atoms with Crippen LogP contribution < -0.4 is 0 Å². The van der Waals surface area contributed by atoms with Crippen LogP contribution in [0.25, 0.3) is 0 Å². The highest BCUT2D eigenvalue weighted by molar-refractivity contribution is 9.10. The molecule has 0 amide bonds. The molecular formula is C15H10BrClF2O. The van der Waals surface area contributed by atoms with Crippen molar-refractivity contribution in [3.63, 3.8) is 0 Å². The molecule has 0 spiro atoms. The summed E-state index contributed by atoms with van der Waals surface area (Å²) in [5.41, 5.74) is 0.868. The maximum Gasteiger partial charge on any atom is 0.141 e. The van der Waals surface area contributed by atoms with Crippen molar-refractivity contribution >= 4 is 33.3 Å². The second kappa shape index (κ2) is 6.46. The molecule has 1 nitrogen and oxygen atoms in total. The summed E-state index contributed by atoms with van der Waals surface area (Å²) < 4.78 is 27.1. The molecule has 0 N–H and O–H groups in total. The summed E-state index contributed by atoms with van der Waals surface area (Å²) in [6.45, 7) is 0. The molecule has 0 saturated carbocycles. The van der Waals surface area contributed by atoms with Crippen molar-refractivity contribution < 1.29 is 13.6 Å². The molecule has 0 aliphatic heterocycles. The molecule has 0 aromatic heterocycles. The van der Waals surface area contributed by atoms with Crippen LogP contribution in [0, 0.1) is 11.6 Å². The standard InChI is InChI=1S/C15H10BrClF2O/c16-11-3-1-9(14(17)7-11)5-13(20)6-10-2-4-12(18)8-15(10)19/h1-4,7-8H,5-6H2. The fourth-order valence-corrected chi connectivity index (χ4v) is 2.56. The topological polar surface area (TPSA) is 17.1 Å². The monoisotopic (exact) mass is 358 g/mol. The minimum absolute atomic E-state index is 0.0848. The van der Waals surface area contributed by atoms with E-state index < -0.39 is 11.6 Å². The van der Waals surface area contributed by atoms with Crippen LogP contribution in [0.15, 0.2) is 40.9 Å². The Bertz CT molecular complexity index is 603. The van der Waals surface area contributed by atoms with E-state index in [2.05, 4.69) is 15.9 Å². The summed E-state index contributed by atoms with van der Waals surface area (Å²) in [5, 5.41) is 0.479. The van der Waals surface area contributed by atoms with E-state index in [0.717, 1.165) is 16.6 Å². The molecule has 0 bridgehead atoms. The quantitative estimate of drug-likeness (QED) is 0.771. The van der Waals surface area contributed by atoms with Crippen molar-refractivity contribution in [3.05, 3.63) is 68.7 Å². The summed E-state index contributed by atoms with van der Waals surface area (Å²) >= 11 is 9.30. The van der Waals surface area contributed by atoms with Crippen LogP contribution >= 0.6 is 27.5 Å². The number of carbonyl (C=O) groups is 1. The van der Waals surface area contributed by atoms with E-state index in [1.54, 1.807) is 18.2 Å². The third kappa shape index (κ3) is 3.87. The summed E-state index contributed by atoms with van der Waals surface area (Å²) in [6, 6.07) is 8.42. The van der Waals surface area contributed by atoms with Crippen molar-refractivity contribution in [2.24, 2.45) is 0 Å². The first kappa shape index (κ1) is 15.1. The fraction of sp³-hybridized carbons (Fsp3) is 0.133. The highest BCUT2D eigenvalue weighted by Crippen LogP contribution is 2.22. The average Bonchev–Trinajstić information content (AvgIpc) is 2.36. The third-order valence-corrected chi connectivity index (χ3v) is 3.65. The molecule has 2 aromatic rings. The van der Waals surface area contributed by atoms with Gasteiger partial charge in [0.15, 0.2) is 0 Å². The normalized spacial score (nSPS) is 10.6. The highest BCUT2D eigenvalue weighted by atomic mass is 79.9. The second-order valence-corrected chi connectivity index (χ2v) is 5.69. The number of rotatable bonds is 4. The maximum absolute atomic E-state index is 13.5.